The molecule has 1 aliphatic heterocycles. The highest BCUT2D eigenvalue weighted by Crippen LogP contribution is 2.42. The third kappa shape index (κ3) is 3.21. The van der Waals surface area contributed by atoms with E-state index in [1.54, 1.807) is 0 Å². The van der Waals surface area contributed by atoms with Gasteiger partial charge in [0.2, 0.25) is 0 Å². The summed E-state index contributed by atoms with van der Waals surface area (Å²) in [5.74, 6) is 0.642. The van der Waals surface area contributed by atoms with Crippen molar-refractivity contribution in [2.24, 2.45) is 11.7 Å². The average molecular weight is 274 g/mol. The summed E-state index contributed by atoms with van der Waals surface area (Å²) in [6, 6.07) is 4.49. The number of rotatable bonds is 4. The summed E-state index contributed by atoms with van der Waals surface area (Å²) in [7, 11) is 0. The van der Waals surface area contributed by atoms with Gasteiger partial charge >= 0.3 is 0 Å². The maximum absolute atomic E-state index is 6.48. The fourth-order valence-corrected chi connectivity index (χ4v) is 3.92. The highest BCUT2D eigenvalue weighted by atomic mass is 16.5. The van der Waals surface area contributed by atoms with Crippen LogP contribution in [0.15, 0.2) is 24.5 Å². The van der Waals surface area contributed by atoms with Crippen molar-refractivity contribution in [2.45, 2.75) is 63.0 Å². The Labute approximate surface area is 121 Å². The molecule has 3 heteroatoms. The number of nitrogens with zero attached hydrogens (tertiary/aromatic N) is 1. The third-order valence-corrected chi connectivity index (χ3v) is 5.17. The van der Waals surface area contributed by atoms with E-state index in [2.05, 4.69) is 17.1 Å². The second kappa shape index (κ2) is 6.23. The molecule has 2 aliphatic rings. The number of ether oxygens (including phenoxy) is 1. The molecule has 2 atom stereocenters. The Morgan fingerprint density at radius 1 is 1.30 bits per heavy atom. The van der Waals surface area contributed by atoms with Crippen LogP contribution in [0.4, 0.5) is 0 Å². The molecule has 3 rings (SSSR count). The van der Waals surface area contributed by atoms with E-state index in [-0.39, 0.29) is 5.60 Å². The summed E-state index contributed by atoms with van der Waals surface area (Å²) >= 11 is 0. The van der Waals surface area contributed by atoms with Crippen LogP contribution in [0.1, 0.15) is 50.5 Å². The number of hydrogen-bond donors (Lipinski definition) is 1. The minimum Gasteiger partial charge on any atom is -0.375 e. The Morgan fingerprint density at radius 3 is 2.80 bits per heavy atom. The van der Waals surface area contributed by atoms with Gasteiger partial charge in [0.15, 0.2) is 0 Å². The number of pyridine rings is 1. The van der Waals surface area contributed by atoms with Gasteiger partial charge in [-0.25, -0.2) is 0 Å². The first-order valence-corrected chi connectivity index (χ1v) is 8.06. The normalized spacial score (nSPS) is 26.8. The predicted molar refractivity (Wildman–Crippen MR) is 80.4 cm³/mol. The first kappa shape index (κ1) is 14.0. The Hall–Kier alpha value is -0.930. The minimum absolute atomic E-state index is 0.192. The summed E-state index contributed by atoms with van der Waals surface area (Å²) < 4.78 is 6.11. The summed E-state index contributed by atoms with van der Waals surface area (Å²) in [6.45, 7) is 0.910. The van der Waals surface area contributed by atoms with E-state index in [0.29, 0.717) is 12.0 Å². The summed E-state index contributed by atoms with van der Waals surface area (Å²) in [6.07, 6.45) is 13.4. The average Bonchev–Trinajstić information content (AvgIpc) is 2.93. The molecule has 2 unspecified atom stereocenters. The standard InChI is InChI=1S/C17H26N2O/c18-16(4-3-14-5-10-19-11-6-14)15-7-12-20-17(13-15)8-1-2-9-17/h5-6,10-11,15-16H,1-4,7-9,12-13,18H2. The van der Waals surface area contributed by atoms with Gasteiger partial charge in [-0.05, 0) is 62.1 Å². The van der Waals surface area contributed by atoms with Crippen molar-refractivity contribution in [3.05, 3.63) is 30.1 Å². The molecule has 1 saturated heterocycles. The maximum Gasteiger partial charge on any atom is 0.0685 e. The van der Waals surface area contributed by atoms with E-state index >= 15 is 0 Å². The van der Waals surface area contributed by atoms with Gasteiger partial charge in [0.1, 0.15) is 0 Å². The molecule has 0 amide bonds. The summed E-state index contributed by atoms with van der Waals surface area (Å²) in [4.78, 5) is 4.06. The van der Waals surface area contributed by atoms with Crippen LogP contribution in [-0.4, -0.2) is 23.2 Å². The van der Waals surface area contributed by atoms with Crippen molar-refractivity contribution >= 4 is 0 Å². The molecule has 0 aromatic carbocycles. The first-order chi connectivity index (χ1) is 9.77. The van der Waals surface area contributed by atoms with Crippen LogP contribution in [-0.2, 0) is 11.2 Å². The van der Waals surface area contributed by atoms with Gasteiger partial charge in [0.05, 0.1) is 5.60 Å². The predicted octanol–water partition coefficient (Wildman–Crippen LogP) is 3.08. The van der Waals surface area contributed by atoms with Crippen molar-refractivity contribution in [3.63, 3.8) is 0 Å². The lowest BCUT2D eigenvalue weighted by atomic mass is 9.79. The van der Waals surface area contributed by atoms with E-state index in [4.69, 9.17) is 10.5 Å². The number of aryl methyl sites for hydroxylation is 1. The Bertz CT molecular complexity index is 414. The Morgan fingerprint density at radius 2 is 2.05 bits per heavy atom. The van der Waals surface area contributed by atoms with Gasteiger partial charge in [0, 0.05) is 25.0 Å². The van der Waals surface area contributed by atoms with Crippen LogP contribution in [0.5, 0.6) is 0 Å². The number of hydrogen-bond acceptors (Lipinski definition) is 3. The molecule has 0 radical (unpaired) electrons. The summed E-state index contributed by atoms with van der Waals surface area (Å²) in [5.41, 5.74) is 8.01. The maximum atomic E-state index is 6.48. The van der Waals surface area contributed by atoms with Crippen LogP contribution in [0.25, 0.3) is 0 Å². The molecule has 20 heavy (non-hydrogen) atoms. The molecular formula is C17H26N2O. The van der Waals surface area contributed by atoms with Crippen LogP contribution in [0.2, 0.25) is 0 Å². The lowest BCUT2D eigenvalue weighted by Gasteiger charge is -2.40. The Balaban J connectivity index is 1.53. The smallest absolute Gasteiger partial charge is 0.0685 e. The van der Waals surface area contributed by atoms with E-state index in [9.17, 15) is 0 Å². The van der Waals surface area contributed by atoms with Gasteiger partial charge < -0.3 is 10.5 Å². The highest BCUT2D eigenvalue weighted by molar-refractivity contribution is 5.10. The third-order valence-electron chi connectivity index (χ3n) is 5.17. The van der Waals surface area contributed by atoms with Crippen molar-refractivity contribution in [1.82, 2.24) is 4.98 Å². The molecule has 3 nitrogen and oxygen atoms in total. The molecule has 1 aromatic rings. The zero-order valence-corrected chi connectivity index (χ0v) is 12.3. The molecule has 1 spiro atoms. The van der Waals surface area contributed by atoms with Gasteiger partial charge in [-0.3, -0.25) is 4.98 Å². The molecular weight excluding hydrogens is 248 g/mol. The fraction of sp³-hybridized carbons (Fsp3) is 0.706. The molecule has 2 N–H and O–H groups in total. The monoisotopic (exact) mass is 274 g/mol. The van der Waals surface area contributed by atoms with Crippen LogP contribution in [0.3, 0.4) is 0 Å². The van der Waals surface area contributed by atoms with Crippen molar-refractivity contribution in [3.8, 4) is 0 Å². The zero-order valence-electron chi connectivity index (χ0n) is 12.3. The van der Waals surface area contributed by atoms with Crippen molar-refractivity contribution < 1.29 is 4.74 Å². The van der Waals surface area contributed by atoms with Crippen molar-refractivity contribution in [2.75, 3.05) is 6.61 Å². The van der Waals surface area contributed by atoms with Crippen molar-refractivity contribution in [1.29, 1.82) is 0 Å². The van der Waals surface area contributed by atoms with E-state index < -0.39 is 0 Å². The van der Waals surface area contributed by atoms with Gasteiger partial charge in [0.25, 0.3) is 0 Å². The molecule has 1 aromatic heterocycles. The second-order valence-corrected chi connectivity index (χ2v) is 6.55. The van der Waals surface area contributed by atoms with Gasteiger partial charge in [-0.15, -0.1) is 0 Å². The fourth-order valence-electron chi connectivity index (χ4n) is 3.92. The zero-order chi connectivity index (χ0) is 13.8. The number of aromatic nitrogens is 1. The molecule has 2 heterocycles. The lowest BCUT2D eigenvalue weighted by molar-refractivity contribution is -0.0964. The lowest BCUT2D eigenvalue weighted by Crippen LogP contribution is -2.43. The largest absolute Gasteiger partial charge is 0.375 e. The topological polar surface area (TPSA) is 48.1 Å². The SMILES string of the molecule is NC(CCc1ccncc1)C1CCOC2(CCCC2)C1. The molecule has 110 valence electrons. The molecule has 0 bridgehead atoms. The van der Waals surface area contributed by atoms with Gasteiger partial charge in [-0.1, -0.05) is 12.8 Å². The van der Waals surface area contributed by atoms with Crippen LogP contribution < -0.4 is 5.73 Å². The Kier molecular flexibility index (Phi) is 4.37. The second-order valence-electron chi connectivity index (χ2n) is 6.55. The minimum atomic E-state index is 0.192. The highest BCUT2D eigenvalue weighted by Gasteiger charge is 2.41. The van der Waals surface area contributed by atoms with E-state index in [1.807, 2.05) is 12.4 Å². The van der Waals surface area contributed by atoms with E-state index in [0.717, 1.165) is 25.9 Å². The molecule has 1 aliphatic carbocycles. The van der Waals surface area contributed by atoms with Gasteiger partial charge in [-0.2, -0.15) is 0 Å². The molecule has 1 saturated carbocycles. The van der Waals surface area contributed by atoms with Crippen LogP contribution >= 0.6 is 0 Å². The van der Waals surface area contributed by atoms with E-state index in [1.165, 1.54) is 37.7 Å². The molecule has 2 fully saturated rings. The van der Waals surface area contributed by atoms with Crippen LogP contribution in [0, 0.1) is 5.92 Å². The summed E-state index contributed by atoms with van der Waals surface area (Å²) in [5, 5.41) is 0. The first-order valence-electron chi connectivity index (χ1n) is 8.06. The quantitative estimate of drug-likeness (QED) is 0.918. The number of nitrogens with two attached hydrogens (primary N) is 1.